The number of aromatic hydroxyl groups is 1. The highest BCUT2D eigenvalue weighted by molar-refractivity contribution is 9.10. The van der Waals surface area contributed by atoms with Crippen LogP contribution in [0, 0.1) is 18.3 Å². The van der Waals surface area contributed by atoms with E-state index in [4.69, 9.17) is 9.72 Å². The SMILES string of the molecule is COC(=O)[C@]1(C)CCC[C@]2(C)c3cc(Br)c4nc(N=Cc5cc(C)ccc5O)[nH]c4c3CC[C@@H]12. The number of carbonyl (C=O) groups is 1. The van der Waals surface area contributed by atoms with Gasteiger partial charge in [-0.3, -0.25) is 4.79 Å². The van der Waals surface area contributed by atoms with Gasteiger partial charge in [-0.05, 0) is 96.1 Å². The predicted octanol–water partition coefficient (Wildman–Crippen LogP) is 6.27. The first kappa shape index (κ1) is 23.1. The molecule has 3 atom stereocenters. The zero-order valence-corrected chi connectivity index (χ0v) is 21.6. The van der Waals surface area contributed by atoms with Crippen LogP contribution in [-0.2, 0) is 21.4 Å². The Kier molecular flexibility index (Phi) is 5.58. The molecule has 0 saturated heterocycles. The summed E-state index contributed by atoms with van der Waals surface area (Å²) in [6.45, 7) is 6.37. The van der Waals surface area contributed by atoms with Crippen molar-refractivity contribution in [2.75, 3.05) is 7.11 Å². The molecule has 0 spiro atoms. The Morgan fingerprint density at radius 1 is 1.32 bits per heavy atom. The van der Waals surface area contributed by atoms with Crippen molar-refractivity contribution in [2.45, 2.75) is 58.3 Å². The van der Waals surface area contributed by atoms with E-state index < -0.39 is 5.41 Å². The van der Waals surface area contributed by atoms with E-state index in [0.717, 1.165) is 53.2 Å². The van der Waals surface area contributed by atoms with Crippen LogP contribution in [0.15, 0.2) is 33.7 Å². The molecule has 7 heteroatoms. The van der Waals surface area contributed by atoms with E-state index >= 15 is 0 Å². The molecule has 0 amide bonds. The molecule has 2 aliphatic rings. The minimum atomic E-state index is -0.472. The number of H-pyrrole nitrogens is 1. The van der Waals surface area contributed by atoms with E-state index in [0.29, 0.717) is 11.5 Å². The fourth-order valence-corrected chi connectivity index (χ4v) is 7.02. The first-order valence-corrected chi connectivity index (χ1v) is 12.6. The van der Waals surface area contributed by atoms with Crippen LogP contribution in [0.4, 0.5) is 5.95 Å². The average molecular weight is 524 g/mol. The number of halogens is 1. The molecule has 3 aromatic rings. The number of nitrogens with one attached hydrogen (secondary N) is 1. The number of nitrogens with zero attached hydrogens (tertiary/aromatic N) is 2. The number of rotatable bonds is 3. The van der Waals surface area contributed by atoms with Gasteiger partial charge in [0, 0.05) is 16.3 Å². The number of hydrogen-bond acceptors (Lipinski definition) is 5. The summed E-state index contributed by atoms with van der Waals surface area (Å²) >= 11 is 3.75. The summed E-state index contributed by atoms with van der Waals surface area (Å²) in [5.41, 5.74) is 5.51. The Morgan fingerprint density at radius 2 is 2.12 bits per heavy atom. The van der Waals surface area contributed by atoms with Gasteiger partial charge in [-0.25, -0.2) is 9.98 Å². The summed E-state index contributed by atoms with van der Waals surface area (Å²) < 4.78 is 6.17. The molecule has 1 saturated carbocycles. The summed E-state index contributed by atoms with van der Waals surface area (Å²) in [6, 6.07) is 7.63. The third kappa shape index (κ3) is 3.47. The molecule has 0 radical (unpaired) electrons. The summed E-state index contributed by atoms with van der Waals surface area (Å²) in [5, 5.41) is 10.1. The van der Waals surface area contributed by atoms with Crippen molar-refractivity contribution in [1.82, 2.24) is 9.97 Å². The maximum atomic E-state index is 12.8. The smallest absolute Gasteiger partial charge is 0.311 e. The lowest BCUT2D eigenvalue weighted by molar-refractivity contribution is -0.161. The molecule has 1 heterocycles. The first-order chi connectivity index (χ1) is 16.2. The maximum Gasteiger partial charge on any atom is 0.311 e. The third-order valence-corrected chi connectivity index (χ3v) is 8.81. The maximum absolute atomic E-state index is 12.8. The van der Waals surface area contributed by atoms with Gasteiger partial charge < -0.3 is 14.8 Å². The summed E-state index contributed by atoms with van der Waals surface area (Å²) in [6.07, 6.45) is 6.35. The second-order valence-electron chi connectivity index (χ2n) is 10.3. The van der Waals surface area contributed by atoms with Gasteiger partial charge in [0.15, 0.2) is 0 Å². The van der Waals surface area contributed by atoms with E-state index in [1.807, 2.05) is 19.1 Å². The lowest BCUT2D eigenvalue weighted by atomic mass is 9.50. The number of esters is 1. The van der Waals surface area contributed by atoms with Crippen LogP contribution in [0.25, 0.3) is 11.0 Å². The van der Waals surface area contributed by atoms with Crippen molar-refractivity contribution < 1.29 is 14.6 Å². The standard InChI is InChI=1S/C27H30BrN3O3/c1-15-6-8-20(32)16(12-15)14-29-25-30-22-17-7-9-21-26(2,18(17)13-19(28)23(22)31-25)10-5-11-27(21,3)24(33)34-4/h6,8,12-14,21,32H,5,7,9-11H2,1-4H3,(H,30,31)/t21-,26-,27-/m1/s1. The second kappa shape index (κ2) is 8.22. The number of methoxy groups -OCH3 is 1. The third-order valence-electron chi connectivity index (χ3n) is 8.20. The topological polar surface area (TPSA) is 87.6 Å². The number of benzene rings is 2. The Morgan fingerprint density at radius 3 is 2.88 bits per heavy atom. The molecule has 0 aliphatic heterocycles. The number of imidazole rings is 1. The Balaban J connectivity index is 1.58. The zero-order valence-electron chi connectivity index (χ0n) is 20.0. The molecule has 2 aliphatic carbocycles. The Hall–Kier alpha value is -2.67. The summed E-state index contributed by atoms with van der Waals surface area (Å²) in [7, 11) is 1.50. The first-order valence-electron chi connectivity index (χ1n) is 11.8. The van der Waals surface area contributed by atoms with E-state index in [2.05, 4.69) is 45.8 Å². The van der Waals surface area contributed by atoms with E-state index in [1.54, 1.807) is 12.3 Å². The van der Waals surface area contributed by atoms with Gasteiger partial charge in [0.05, 0.1) is 18.0 Å². The van der Waals surface area contributed by atoms with Gasteiger partial charge >= 0.3 is 5.97 Å². The van der Waals surface area contributed by atoms with Crippen molar-refractivity contribution in [3.63, 3.8) is 0 Å². The average Bonchev–Trinajstić information content (AvgIpc) is 3.25. The molecule has 6 nitrogen and oxygen atoms in total. The number of fused-ring (bicyclic) bond motifs is 5. The van der Waals surface area contributed by atoms with Crippen LogP contribution in [0.2, 0.25) is 0 Å². The minimum absolute atomic E-state index is 0.0930. The van der Waals surface area contributed by atoms with Crippen LogP contribution < -0.4 is 0 Å². The van der Waals surface area contributed by atoms with E-state index in [1.165, 1.54) is 18.2 Å². The van der Waals surface area contributed by atoms with Crippen LogP contribution in [0.5, 0.6) is 5.75 Å². The number of aliphatic imine (C=N–C) groups is 1. The van der Waals surface area contributed by atoms with Crippen molar-refractivity contribution in [2.24, 2.45) is 16.3 Å². The van der Waals surface area contributed by atoms with Gasteiger partial charge in [-0.15, -0.1) is 0 Å². The van der Waals surface area contributed by atoms with Gasteiger partial charge in [0.2, 0.25) is 5.95 Å². The molecule has 2 N–H and O–H groups in total. The number of phenolic OH excluding ortho intramolecular Hbond substituents is 1. The second-order valence-corrected chi connectivity index (χ2v) is 11.1. The molecule has 1 aromatic heterocycles. The fraction of sp³-hybridized carbons (Fsp3) is 0.444. The van der Waals surface area contributed by atoms with Crippen LogP contribution in [0.1, 0.15) is 61.8 Å². The number of aryl methyl sites for hydroxylation is 2. The van der Waals surface area contributed by atoms with Gasteiger partial charge in [0.1, 0.15) is 11.3 Å². The molecule has 5 rings (SSSR count). The van der Waals surface area contributed by atoms with E-state index in [9.17, 15) is 9.90 Å². The number of aromatic nitrogens is 2. The lowest BCUT2D eigenvalue weighted by Crippen LogP contribution is -2.52. The quantitative estimate of drug-likeness (QED) is 0.312. The van der Waals surface area contributed by atoms with Crippen molar-refractivity contribution in [1.29, 1.82) is 0 Å². The molecular formula is C27H30BrN3O3. The summed E-state index contributed by atoms with van der Waals surface area (Å²) in [4.78, 5) is 25.5. The highest BCUT2D eigenvalue weighted by Gasteiger charge is 2.56. The molecule has 0 bridgehead atoms. The molecule has 178 valence electrons. The summed E-state index contributed by atoms with van der Waals surface area (Å²) in [5.74, 6) is 0.821. The van der Waals surface area contributed by atoms with Crippen LogP contribution in [-0.4, -0.2) is 34.4 Å². The zero-order chi connectivity index (χ0) is 24.3. The number of hydrogen-bond donors (Lipinski definition) is 2. The van der Waals surface area contributed by atoms with Crippen molar-refractivity contribution in [3.05, 3.63) is 51.0 Å². The molecule has 1 fully saturated rings. The molecule has 0 unspecified atom stereocenters. The number of carbonyl (C=O) groups excluding carboxylic acids is 1. The largest absolute Gasteiger partial charge is 0.507 e. The molecule has 2 aromatic carbocycles. The number of aromatic amines is 1. The van der Waals surface area contributed by atoms with Crippen LogP contribution >= 0.6 is 15.9 Å². The predicted molar refractivity (Wildman–Crippen MR) is 137 cm³/mol. The van der Waals surface area contributed by atoms with Gasteiger partial charge in [0.25, 0.3) is 0 Å². The number of phenols is 1. The van der Waals surface area contributed by atoms with E-state index in [-0.39, 0.29) is 23.1 Å². The van der Waals surface area contributed by atoms with Crippen molar-refractivity contribution in [3.8, 4) is 5.75 Å². The highest BCUT2D eigenvalue weighted by atomic mass is 79.9. The number of ether oxygens (including phenoxy) is 1. The Labute approximate surface area is 208 Å². The Bertz CT molecular complexity index is 1330. The van der Waals surface area contributed by atoms with Crippen LogP contribution in [0.3, 0.4) is 0 Å². The fourth-order valence-electron chi connectivity index (χ4n) is 6.51. The monoisotopic (exact) mass is 523 g/mol. The normalized spacial score (nSPS) is 26.4. The van der Waals surface area contributed by atoms with Crippen molar-refractivity contribution >= 4 is 45.1 Å². The minimum Gasteiger partial charge on any atom is -0.507 e. The van der Waals surface area contributed by atoms with Gasteiger partial charge in [-0.2, -0.15) is 0 Å². The highest BCUT2D eigenvalue weighted by Crippen LogP contribution is 2.58. The molecule has 34 heavy (non-hydrogen) atoms. The lowest BCUT2D eigenvalue weighted by Gasteiger charge is -2.54. The molecular weight excluding hydrogens is 494 g/mol. The van der Waals surface area contributed by atoms with Gasteiger partial charge in [-0.1, -0.05) is 25.0 Å².